The highest BCUT2D eigenvalue weighted by atomic mass is 35.5. The minimum absolute atomic E-state index is 0. The van der Waals surface area contributed by atoms with Gasteiger partial charge < -0.3 is 5.73 Å². The Labute approximate surface area is 130 Å². The molecule has 0 saturated carbocycles. The summed E-state index contributed by atoms with van der Waals surface area (Å²) in [5.74, 6) is -1.68. The number of hydrogen-bond acceptors (Lipinski definition) is 3. The first-order chi connectivity index (χ1) is 9.16. The van der Waals surface area contributed by atoms with Crippen LogP contribution in [0, 0.1) is 17.6 Å². The van der Waals surface area contributed by atoms with Crippen LogP contribution in [0.2, 0.25) is 0 Å². The minimum Gasteiger partial charge on any atom is -0.327 e. The van der Waals surface area contributed by atoms with Crippen molar-refractivity contribution in [1.82, 2.24) is 4.31 Å². The summed E-state index contributed by atoms with van der Waals surface area (Å²) in [6.07, 6.45) is 0.468. The lowest BCUT2D eigenvalue weighted by Gasteiger charge is -2.21. The molecule has 0 bridgehead atoms. The third kappa shape index (κ3) is 5.18. The SMILES string of the molecule is CC(C)C(N)CCN(C)S(=O)(=O)c1ccc(F)cc1F.Cl. The summed E-state index contributed by atoms with van der Waals surface area (Å²) in [7, 11) is -2.62. The lowest BCUT2D eigenvalue weighted by Crippen LogP contribution is -2.35. The quantitative estimate of drug-likeness (QED) is 0.863. The molecule has 1 aromatic rings. The van der Waals surface area contributed by atoms with Gasteiger partial charge in [0.2, 0.25) is 10.0 Å². The molecule has 1 aromatic carbocycles. The summed E-state index contributed by atoms with van der Waals surface area (Å²) in [4.78, 5) is -0.528. The molecule has 0 radical (unpaired) electrons. The molecule has 0 saturated heterocycles. The van der Waals surface area contributed by atoms with E-state index in [0.717, 1.165) is 16.4 Å². The van der Waals surface area contributed by atoms with E-state index in [4.69, 9.17) is 5.73 Å². The van der Waals surface area contributed by atoms with Crippen molar-refractivity contribution in [3.63, 3.8) is 0 Å². The maximum atomic E-state index is 13.6. The van der Waals surface area contributed by atoms with E-state index in [1.807, 2.05) is 13.8 Å². The van der Waals surface area contributed by atoms with Crippen molar-refractivity contribution in [2.75, 3.05) is 13.6 Å². The zero-order chi connectivity index (χ0) is 15.5. The first kappa shape index (κ1) is 20.2. The molecule has 21 heavy (non-hydrogen) atoms. The van der Waals surface area contributed by atoms with Gasteiger partial charge in [0.05, 0.1) is 0 Å². The van der Waals surface area contributed by atoms with E-state index in [1.54, 1.807) is 0 Å². The Morgan fingerprint density at radius 2 is 1.86 bits per heavy atom. The number of rotatable bonds is 6. The third-order valence-corrected chi connectivity index (χ3v) is 5.11. The smallest absolute Gasteiger partial charge is 0.245 e. The van der Waals surface area contributed by atoms with Crippen molar-refractivity contribution in [3.8, 4) is 0 Å². The van der Waals surface area contributed by atoms with E-state index in [9.17, 15) is 17.2 Å². The minimum atomic E-state index is -3.97. The summed E-state index contributed by atoms with van der Waals surface area (Å²) in [5, 5.41) is 0. The standard InChI is InChI=1S/C13H20F2N2O2S.ClH/c1-9(2)12(16)6-7-17(3)20(18,19)13-5-4-10(14)8-11(13)15;/h4-5,8-9,12H,6-7,16H2,1-3H3;1H. The van der Waals surface area contributed by atoms with Crippen LogP contribution in [0.15, 0.2) is 23.1 Å². The topological polar surface area (TPSA) is 63.4 Å². The number of sulfonamides is 1. The van der Waals surface area contributed by atoms with Gasteiger partial charge in [0.1, 0.15) is 16.5 Å². The predicted octanol–water partition coefficient (Wildman–Crippen LogP) is 2.38. The number of halogens is 3. The molecule has 122 valence electrons. The van der Waals surface area contributed by atoms with Crippen LogP contribution in [-0.2, 0) is 10.0 Å². The maximum Gasteiger partial charge on any atom is 0.245 e. The lowest BCUT2D eigenvalue weighted by atomic mass is 10.0. The number of hydrogen-bond donors (Lipinski definition) is 1. The van der Waals surface area contributed by atoms with Gasteiger partial charge in [0.25, 0.3) is 0 Å². The van der Waals surface area contributed by atoms with Crippen LogP contribution in [0.3, 0.4) is 0 Å². The second-order valence-corrected chi connectivity index (χ2v) is 7.11. The fraction of sp³-hybridized carbons (Fsp3) is 0.538. The molecule has 0 heterocycles. The molecular formula is C13H21ClF2N2O2S. The monoisotopic (exact) mass is 342 g/mol. The Morgan fingerprint density at radius 1 is 1.29 bits per heavy atom. The van der Waals surface area contributed by atoms with Gasteiger partial charge in [0, 0.05) is 25.7 Å². The number of nitrogens with two attached hydrogens (primary N) is 1. The van der Waals surface area contributed by atoms with Gasteiger partial charge in [-0.3, -0.25) is 0 Å². The molecule has 0 aliphatic heterocycles. The first-order valence-electron chi connectivity index (χ1n) is 6.33. The van der Waals surface area contributed by atoms with Gasteiger partial charge in [-0.05, 0) is 24.5 Å². The highest BCUT2D eigenvalue weighted by Crippen LogP contribution is 2.19. The first-order valence-corrected chi connectivity index (χ1v) is 7.77. The molecule has 8 heteroatoms. The van der Waals surface area contributed by atoms with Gasteiger partial charge in [-0.2, -0.15) is 0 Å². The molecule has 1 rings (SSSR count). The number of benzene rings is 1. The van der Waals surface area contributed by atoms with Crippen molar-refractivity contribution in [1.29, 1.82) is 0 Å². The van der Waals surface area contributed by atoms with Gasteiger partial charge in [-0.1, -0.05) is 13.8 Å². The van der Waals surface area contributed by atoms with Crippen LogP contribution < -0.4 is 5.73 Å². The summed E-state index contributed by atoms with van der Waals surface area (Å²) >= 11 is 0. The molecule has 1 unspecified atom stereocenters. The molecule has 0 aliphatic rings. The Morgan fingerprint density at radius 3 is 2.33 bits per heavy atom. The van der Waals surface area contributed by atoms with Crippen LogP contribution >= 0.6 is 12.4 Å². The van der Waals surface area contributed by atoms with E-state index in [1.165, 1.54) is 7.05 Å². The van der Waals surface area contributed by atoms with Gasteiger partial charge in [-0.15, -0.1) is 12.4 Å². The predicted molar refractivity (Wildman–Crippen MR) is 80.9 cm³/mol. The van der Waals surface area contributed by atoms with Gasteiger partial charge >= 0.3 is 0 Å². The number of nitrogens with zero attached hydrogens (tertiary/aromatic N) is 1. The van der Waals surface area contributed by atoms with Crippen molar-refractivity contribution < 1.29 is 17.2 Å². The van der Waals surface area contributed by atoms with Crippen molar-refractivity contribution in [3.05, 3.63) is 29.8 Å². The Bertz CT molecular complexity index is 567. The fourth-order valence-corrected chi connectivity index (χ4v) is 2.86. The summed E-state index contributed by atoms with van der Waals surface area (Å²) < 4.78 is 51.7. The zero-order valence-corrected chi connectivity index (χ0v) is 13.8. The van der Waals surface area contributed by atoms with Crippen LogP contribution in [0.4, 0.5) is 8.78 Å². The Hall–Kier alpha value is -0.760. The summed E-state index contributed by atoms with van der Waals surface area (Å²) in [6, 6.07) is 2.27. The molecule has 0 fully saturated rings. The highest BCUT2D eigenvalue weighted by molar-refractivity contribution is 7.89. The molecule has 1 atom stereocenters. The third-order valence-electron chi connectivity index (χ3n) is 3.22. The molecule has 0 amide bonds. The Balaban J connectivity index is 0.00000400. The van der Waals surface area contributed by atoms with E-state index in [2.05, 4.69) is 0 Å². The molecular weight excluding hydrogens is 322 g/mol. The Kier molecular flexibility index (Phi) is 7.74. The van der Waals surface area contributed by atoms with Gasteiger partial charge in [-0.25, -0.2) is 21.5 Å². The van der Waals surface area contributed by atoms with Crippen molar-refractivity contribution >= 4 is 22.4 Å². The molecule has 2 N–H and O–H groups in total. The fourth-order valence-electron chi connectivity index (χ4n) is 1.64. The van der Waals surface area contributed by atoms with E-state index in [-0.39, 0.29) is 30.9 Å². The summed E-state index contributed by atoms with van der Waals surface area (Å²) in [6.45, 7) is 4.07. The van der Waals surface area contributed by atoms with Gasteiger partial charge in [0.15, 0.2) is 0 Å². The second kappa shape index (κ2) is 8.03. The molecule has 0 aliphatic carbocycles. The second-order valence-electron chi connectivity index (χ2n) is 5.10. The largest absolute Gasteiger partial charge is 0.327 e. The zero-order valence-electron chi connectivity index (χ0n) is 12.2. The average Bonchev–Trinajstić information content (AvgIpc) is 2.34. The van der Waals surface area contributed by atoms with E-state index >= 15 is 0 Å². The van der Waals surface area contributed by atoms with Crippen LogP contribution in [0.1, 0.15) is 20.3 Å². The lowest BCUT2D eigenvalue weighted by molar-refractivity contribution is 0.395. The normalized spacial score (nSPS) is 13.3. The van der Waals surface area contributed by atoms with E-state index < -0.39 is 26.6 Å². The highest BCUT2D eigenvalue weighted by Gasteiger charge is 2.25. The van der Waals surface area contributed by atoms with E-state index in [0.29, 0.717) is 12.5 Å². The van der Waals surface area contributed by atoms with Crippen LogP contribution in [0.5, 0.6) is 0 Å². The van der Waals surface area contributed by atoms with Crippen LogP contribution in [0.25, 0.3) is 0 Å². The molecule has 4 nitrogen and oxygen atoms in total. The average molecular weight is 343 g/mol. The molecule has 0 spiro atoms. The van der Waals surface area contributed by atoms with Crippen molar-refractivity contribution in [2.45, 2.75) is 31.2 Å². The summed E-state index contributed by atoms with van der Waals surface area (Å²) in [5.41, 5.74) is 5.85. The van der Waals surface area contributed by atoms with Crippen molar-refractivity contribution in [2.24, 2.45) is 11.7 Å². The van der Waals surface area contributed by atoms with Crippen LogP contribution in [-0.4, -0.2) is 32.4 Å². The maximum absolute atomic E-state index is 13.6. The molecule has 0 aromatic heterocycles.